The predicted octanol–water partition coefficient (Wildman–Crippen LogP) is 1.06. The standard InChI is InChI=1S/C17H31N3O4/c1-4-13(21)9-7-12-19-17(24)14(20-16(23)6-3)10-8-11-18-15(22)5-2/h14H,4-12H2,1-3H3,(H,18,22)(H,19,24)(H,20,23). The zero-order chi connectivity index (χ0) is 18.4. The predicted molar refractivity (Wildman–Crippen MR) is 92.3 cm³/mol. The lowest BCUT2D eigenvalue weighted by atomic mass is 10.1. The minimum Gasteiger partial charge on any atom is -0.356 e. The Morgan fingerprint density at radius 2 is 1.42 bits per heavy atom. The summed E-state index contributed by atoms with van der Waals surface area (Å²) in [7, 11) is 0. The van der Waals surface area contributed by atoms with Crippen LogP contribution >= 0.6 is 0 Å². The minimum atomic E-state index is -0.613. The van der Waals surface area contributed by atoms with E-state index in [1.54, 1.807) is 13.8 Å². The highest BCUT2D eigenvalue weighted by Crippen LogP contribution is 2.00. The molecular formula is C17H31N3O4. The Hall–Kier alpha value is -1.92. The van der Waals surface area contributed by atoms with Crippen molar-refractivity contribution in [2.75, 3.05) is 13.1 Å². The first-order chi connectivity index (χ1) is 11.4. The molecule has 0 aliphatic rings. The van der Waals surface area contributed by atoms with E-state index >= 15 is 0 Å². The summed E-state index contributed by atoms with van der Waals surface area (Å²) in [5.41, 5.74) is 0. The summed E-state index contributed by atoms with van der Waals surface area (Å²) in [6.45, 7) is 6.20. The molecule has 0 bridgehead atoms. The van der Waals surface area contributed by atoms with Gasteiger partial charge in [0.25, 0.3) is 0 Å². The molecule has 0 spiro atoms. The number of rotatable bonds is 13. The lowest BCUT2D eigenvalue weighted by Crippen LogP contribution is -2.47. The summed E-state index contributed by atoms with van der Waals surface area (Å²) in [6.07, 6.45) is 3.34. The smallest absolute Gasteiger partial charge is 0.242 e. The van der Waals surface area contributed by atoms with Gasteiger partial charge >= 0.3 is 0 Å². The highest BCUT2D eigenvalue weighted by atomic mass is 16.2. The Kier molecular flexibility index (Phi) is 12.4. The molecule has 0 fully saturated rings. The van der Waals surface area contributed by atoms with Crippen molar-refractivity contribution in [1.29, 1.82) is 0 Å². The number of amides is 3. The maximum absolute atomic E-state index is 12.2. The van der Waals surface area contributed by atoms with E-state index in [4.69, 9.17) is 0 Å². The number of ketones is 1. The Morgan fingerprint density at radius 1 is 0.792 bits per heavy atom. The van der Waals surface area contributed by atoms with Gasteiger partial charge in [-0.05, 0) is 19.3 Å². The average molecular weight is 341 g/mol. The van der Waals surface area contributed by atoms with Crippen LogP contribution in [0.2, 0.25) is 0 Å². The van der Waals surface area contributed by atoms with Crippen molar-refractivity contribution < 1.29 is 19.2 Å². The Labute approximate surface area is 144 Å². The van der Waals surface area contributed by atoms with Crippen LogP contribution in [0.15, 0.2) is 0 Å². The average Bonchev–Trinajstić information content (AvgIpc) is 2.59. The van der Waals surface area contributed by atoms with Gasteiger partial charge in [-0.1, -0.05) is 20.8 Å². The third-order valence-electron chi connectivity index (χ3n) is 3.61. The second kappa shape index (κ2) is 13.5. The molecule has 3 N–H and O–H groups in total. The van der Waals surface area contributed by atoms with E-state index in [1.807, 2.05) is 6.92 Å². The molecule has 1 unspecified atom stereocenters. The molecular weight excluding hydrogens is 310 g/mol. The van der Waals surface area contributed by atoms with Gasteiger partial charge in [-0.25, -0.2) is 0 Å². The topological polar surface area (TPSA) is 104 Å². The van der Waals surface area contributed by atoms with Crippen molar-refractivity contribution in [3.63, 3.8) is 0 Å². The van der Waals surface area contributed by atoms with Gasteiger partial charge in [0.1, 0.15) is 11.8 Å². The Balaban J connectivity index is 4.26. The molecule has 138 valence electrons. The number of nitrogens with one attached hydrogen (secondary N) is 3. The summed E-state index contributed by atoms with van der Waals surface area (Å²) in [5, 5.41) is 8.20. The van der Waals surface area contributed by atoms with Gasteiger partial charge in [0.2, 0.25) is 17.7 Å². The van der Waals surface area contributed by atoms with E-state index in [0.717, 1.165) is 0 Å². The molecule has 7 heteroatoms. The first kappa shape index (κ1) is 22.1. The van der Waals surface area contributed by atoms with Crippen LogP contribution in [0.5, 0.6) is 0 Å². The Bertz CT molecular complexity index is 424. The van der Waals surface area contributed by atoms with Crippen molar-refractivity contribution in [3.8, 4) is 0 Å². The fourth-order valence-electron chi connectivity index (χ4n) is 2.02. The van der Waals surface area contributed by atoms with Gasteiger partial charge in [0, 0.05) is 38.8 Å². The van der Waals surface area contributed by atoms with Crippen molar-refractivity contribution >= 4 is 23.5 Å². The quantitative estimate of drug-likeness (QED) is 0.436. The van der Waals surface area contributed by atoms with Crippen LogP contribution in [0.25, 0.3) is 0 Å². The first-order valence-electron chi connectivity index (χ1n) is 8.79. The molecule has 0 aliphatic heterocycles. The maximum Gasteiger partial charge on any atom is 0.242 e. The van der Waals surface area contributed by atoms with Gasteiger partial charge in [0.05, 0.1) is 0 Å². The SMILES string of the molecule is CCC(=O)CCCNC(=O)C(CCCNC(=O)CC)NC(=O)CC. The largest absolute Gasteiger partial charge is 0.356 e. The lowest BCUT2D eigenvalue weighted by Gasteiger charge is -2.18. The van der Waals surface area contributed by atoms with E-state index in [1.165, 1.54) is 0 Å². The maximum atomic E-state index is 12.2. The van der Waals surface area contributed by atoms with Crippen molar-refractivity contribution in [2.45, 2.75) is 71.8 Å². The van der Waals surface area contributed by atoms with E-state index in [9.17, 15) is 19.2 Å². The van der Waals surface area contributed by atoms with Crippen LogP contribution in [0.4, 0.5) is 0 Å². The van der Waals surface area contributed by atoms with E-state index in [-0.39, 0.29) is 23.5 Å². The molecule has 0 aromatic rings. The summed E-state index contributed by atoms with van der Waals surface area (Å²) < 4.78 is 0. The van der Waals surface area contributed by atoms with Crippen LogP contribution < -0.4 is 16.0 Å². The fraction of sp³-hybridized carbons (Fsp3) is 0.765. The molecule has 0 saturated heterocycles. The third kappa shape index (κ3) is 10.7. The molecule has 0 aromatic carbocycles. The summed E-state index contributed by atoms with van der Waals surface area (Å²) in [5.74, 6) is -0.294. The van der Waals surface area contributed by atoms with Gasteiger partial charge in [-0.3, -0.25) is 19.2 Å². The third-order valence-corrected chi connectivity index (χ3v) is 3.61. The second-order valence-corrected chi connectivity index (χ2v) is 5.61. The number of Topliss-reactive ketones (excluding diaryl/α,β-unsaturated/α-hetero) is 1. The summed E-state index contributed by atoms with van der Waals surface area (Å²) in [4.78, 5) is 46.2. The van der Waals surface area contributed by atoms with Crippen LogP contribution in [-0.4, -0.2) is 42.6 Å². The number of carbonyl (C=O) groups excluding carboxylic acids is 4. The summed E-state index contributed by atoms with van der Waals surface area (Å²) in [6, 6.07) is -0.613. The molecule has 1 atom stereocenters. The lowest BCUT2D eigenvalue weighted by molar-refractivity contribution is -0.129. The van der Waals surface area contributed by atoms with Gasteiger partial charge in [-0.2, -0.15) is 0 Å². The van der Waals surface area contributed by atoms with Gasteiger partial charge in [0.15, 0.2) is 0 Å². The molecule has 0 rings (SSSR count). The van der Waals surface area contributed by atoms with Gasteiger partial charge < -0.3 is 16.0 Å². The van der Waals surface area contributed by atoms with Crippen molar-refractivity contribution in [2.24, 2.45) is 0 Å². The van der Waals surface area contributed by atoms with Crippen LogP contribution in [0.3, 0.4) is 0 Å². The second-order valence-electron chi connectivity index (χ2n) is 5.61. The highest BCUT2D eigenvalue weighted by molar-refractivity contribution is 5.87. The Morgan fingerprint density at radius 3 is 2.00 bits per heavy atom. The molecule has 0 aromatic heterocycles. The van der Waals surface area contributed by atoms with Crippen LogP contribution in [0.1, 0.15) is 65.7 Å². The minimum absolute atomic E-state index is 0.0332. The molecule has 0 radical (unpaired) electrons. The normalized spacial score (nSPS) is 11.5. The van der Waals surface area contributed by atoms with E-state index < -0.39 is 6.04 Å². The van der Waals surface area contributed by atoms with Crippen LogP contribution in [0, 0.1) is 0 Å². The van der Waals surface area contributed by atoms with Crippen molar-refractivity contribution in [3.05, 3.63) is 0 Å². The molecule has 0 aliphatic carbocycles. The van der Waals surface area contributed by atoms with Crippen molar-refractivity contribution in [1.82, 2.24) is 16.0 Å². The fourth-order valence-corrected chi connectivity index (χ4v) is 2.02. The first-order valence-corrected chi connectivity index (χ1v) is 8.79. The highest BCUT2D eigenvalue weighted by Gasteiger charge is 2.19. The van der Waals surface area contributed by atoms with E-state index in [2.05, 4.69) is 16.0 Å². The molecule has 24 heavy (non-hydrogen) atoms. The molecule has 7 nitrogen and oxygen atoms in total. The van der Waals surface area contributed by atoms with Crippen LogP contribution in [-0.2, 0) is 19.2 Å². The van der Waals surface area contributed by atoms with Gasteiger partial charge in [-0.15, -0.1) is 0 Å². The molecule has 0 heterocycles. The van der Waals surface area contributed by atoms with E-state index in [0.29, 0.717) is 58.0 Å². The number of hydrogen-bond donors (Lipinski definition) is 3. The number of hydrogen-bond acceptors (Lipinski definition) is 4. The molecule has 3 amide bonds. The monoisotopic (exact) mass is 341 g/mol. The zero-order valence-electron chi connectivity index (χ0n) is 15.1. The zero-order valence-corrected chi connectivity index (χ0v) is 15.1. The molecule has 0 saturated carbocycles. The number of carbonyl (C=O) groups is 4. The summed E-state index contributed by atoms with van der Waals surface area (Å²) >= 11 is 0.